The molecule has 128 valence electrons. The van der Waals surface area contributed by atoms with Crippen LogP contribution < -0.4 is 10.2 Å². The minimum Gasteiger partial charge on any atom is -0.338 e. The number of rotatable bonds is 1. The topological polar surface area (TPSA) is 32.3 Å². The maximum atomic E-state index is 15.5. The third-order valence-corrected chi connectivity index (χ3v) is 5.16. The number of hydrogen-bond donors (Lipinski definition) is 1. The summed E-state index contributed by atoms with van der Waals surface area (Å²) >= 11 is 0. The van der Waals surface area contributed by atoms with Gasteiger partial charge in [-0.05, 0) is 38.5 Å². The van der Waals surface area contributed by atoms with Gasteiger partial charge in [0.25, 0.3) is 0 Å². The number of fused-ring (bicyclic) bond motifs is 3. The number of aryl methyl sites for hydroxylation is 1. The predicted octanol–water partition coefficient (Wildman–Crippen LogP) is 4.13. The lowest BCUT2D eigenvalue weighted by atomic mass is 9.80. The fraction of sp³-hybridized carbons (Fsp3) is 0.286. The highest BCUT2D eigenvalue weighted by Gasteiger charge is 2.54. The van der Waals surface area contributed by atoms with Gasteiger partial charge in [0.15, 0.2) is 11.5 Å². The Balaban J connectivity index is 2.01. The number of carbonyl (C=O) groups is 1. The zero-order chi connectivity index (χ0) is 17.8. The smallest absolute Gasteiger partial charge is 0.229 e. The van der Waals surface area contributed by atoms with Crippen LogP contribution in [-0.4, -0.2) is 12.5 Å². The van der Waals surface area contributed by atoms with Gasteiger partial charge in [-0.1, -0.05) is 42.5 Å². The maximum Gasteiger partial charge on any atom is 0.229 e. The summed E-state index contributed by atoms with van der Waals surface area (Å²) in [6.07, 6.45) is 1.54. The molecule has 0 saturated carbocycles. The monoisotopic (exact) mass is 336 g/mol. The second-order valence-corrected chi connectivity index (χ2v) is 7.56. The molecule has 1 N–H and O–H groups in total. The van der Waals surface area contributed by atoms with Gasteiger partial charge in [0, 0.05) is 23.4 Å². The zero-order valence-corrected chi connectivity index (χ0v) is 14.6. The molecule has 0 spiro atoms. The summed E-state index contributed by atoms with van der Waals surface area (Å²) in [6.45, 7) is 6.24. The number of halogens is 1. The molecule has 2 aromatic carbocycles. The summed E-state index contributed by atoms with van der Waals surface area (Å²) < 4.78 is 15.5. The number of nitrogens with zero attached hydrogens (tertiary/aromatic N) is 1. The molecular weight excluding hydrogens is 315 g/mol. The van der Waals surface area contributed by atoms with Crippen molar-refractivity contribution in [2.45, 2.75) is 26.4 Å². The first-order valence-corrected chi connectivity index (χ1v) is 8.49. The fourth-order valence-electron chi connectivity index (χ4n) is 3.74. The van der Waals surface area contributed by atoms with Crippen LogP contribution in [0.5, 0.6) is 0 Å². The van der Waals surface area contributed by atoms with Crippen molar-refractivity contribution in [2.24, 2.45) is 5.41 Å². The third-order valence-electron chi connectivity index (χ3n) is 5.16. The number of amides is 1. The molecule has 0 aliphatic carbocycles. The lowest BCUT2D eigenvalue weighted by Gasteiger charge is -2.54. The lowest BCUT2D eigenvalue weighted by molar-refractivity contribution is -0.133. The Morgan fingerprint density at radius 3 is 2.56 bits per heavy atom. The number of anilines is 1. The van der Waals surface area contributed by atoms with E-state index in [4.69, 9.17) is 0 Å². The average Bonchev–Trinajstić information content (AvgIpc) is 2.58. The molecule has 1 fully saturated rings. The number of carbonyl (C=O) groups excluding carboxylic acids is 1. The van der Waals surface area contributed by atoms with E-state index in [0.29, 0.717) is 6.54 Å². The largest absolute Gasteiger partial charge is 0.338 e. The molecule has 2 aliphatic rings. The van der Waals surface area contributed by atoms with E-state index in [1.165, 1.54) is 6.08 Å². The van der Waals surface area contributed by atoms with E-state index in [-0.39, 0.29) is 11.7 Å². The van der Waals surface area contributed by atoms with Crippen molar-refractivity contribution in [1.29, 1.82) is 0 Å². The second-order valence-electron chi connectivity index (χ2n) is 7.56. The highest BCUT2D eigenvalue weighted by atomic mass is 19.1. The quantitative estimate of drug-likeness (QED) is 0.849. The van der Waals surface area contributed by atoms with Crippen LogP contribution in [0.3, 0.4) is 0 Å². The summed E-state index contributed by atoms with van der Waals surface area (Å²) in [4.78, 5) is 14.7. The number of hydrogen-bond acceptors (Lipinski definition) is 2. The standard InChI is InChI=1S/C21H21FN2O/c1-14-9-10-15-12-18(22)21(16-7-5-4-6-8-16)23-19(25)20(2,3)13-24(21)17(15)11-14/h4-12H,13H2,1-3H3,(H,23,25). The number of nitrogens with one attached hydrogen (secondary N) is 1. The van der Waals surface area contributed by atoms with Gasteiger partial charge in [0.1, 0.15) is 0 Å². The van der Waals surface area contributed by atoms with Gasteiger partial charge in [-0.2, -0.15) is 0 Å². The van der Waals surface area contributed by atoms with Gasteiger partial charge in [0.05, 0.1) is 5.41 Å². The highest BCUT2D eigenvalue weighted by Crippen LogP contribution is 2.48. The molecule has 3 nitrogen and oxygen atoms in total. The summed E-state index contributed by atoms with van der Waals surface area (Å²) in [5.74, 6) is -0.508. The molecule has 4 heteroatoms. The molecule has 0 radical (unpaired) electrons. The Bertz CT molecular complexity index is 888. The van der Waals surface area contributed by atoms with Crippen molar-refractivity contribution in [2.75, 3.05) is 11.4 Å². The number of benzene rings is 2. The minimum atomic E-state index is -1.28. The fourth-order valence-corrected chi connectivity index (χ4v) is 3.74. The predicted molar refractivity (Wildman–Crippen MR) is 97.7 cm³/mol. The average molecular weight is 336 g/mol. The van der Waals surface area contributed by atoms with Crippen LogP contribution in [0.25, 0.3) is 6.08 Å². The summed E-state index contributed by atoms with van der Waals surface area (Å²) in [5, 5.41) is 2.99. The van der Waals surface area contributed by atoms with Crippen molar-refractivity contribution in [1.82, 2.24) is 5.32 Å². The Morgan fingerprint density at radius 2 is 1.84 bits per heavy atom. The molecule has 1 unspecified atom stereocenters. The van der Waals surface area contributed by atoms with Crippen LogP contribution in [-0.2, 0) is 10.5 Å². The van der Waals surface area contributed by atoms with Crippen LogP contribution in [0.1, 0.15) is 30.5 Å². The Kier molecular flexibility index (Phi) is 3.29. The molecular formula is C21H21FN2O. The second kappa shape index (κ2) is 5.19. The van der Waals surface area contributed by atoms with Crippen molar-refractivity contribution in [3.8, 4) is 0 Å². The molecule has 1 saturated heterocycles. The van der Waals surface area contributed by atoms with Gasteiger partial charge in [-0.15, -0.1) is 0 Å². The van der Waals surface area contributed by atoms with Crippen LogP contribution in [0.4, 0.5) is 10.1 Å². The molecule has 2 heterocycles. The molecule has 1 atom stereocenters. The zero-order valence-electron chi connectivity index (χ0n) is 14.6. The van der Waals surface area contributed by atoms with E-state index in [1.807, 2.05) is 68.1 Å². The summed E-state index contributed by atoms with van der Waals surface area (Å²) in [6, 6.07) is 15.3. The SMILES string of the molecule is Cc1ccc2c(c1)N1CC(C)(C)C(=O)NC1(c1ccccc1)C(F)=C2. The Hall–Kier alpha value is -2.62. The van der Waals surface area contributed by atoms with E-state index in [0.717, 1.165) is 22.4 Å². The van der Waals surface area contributed by atoms with Gasteiger partial charge in [0.2, 0.25) is 5.91 Å². The molecule has 25 heavy (non-hydrogen) atoms. The van der Waals surface area contributed by atoms with Crippen LogP contribution >= 0.6 is 0 Å². The molecule has 0 bridgehead atoms. The molecule has 2 aliphatic heterocycles. The minimum absolute atomic E-state index is 0.146. The highest BCUT2D eigenvalue weighted by molar-refractivity contribution is 5.89. The Labute approximate surface area is 147 Å². The van der Waals surface area contributed by atoms with E-state index >= 15 is 4.39 Å². The van der Waals surface area contributed by atoms with Crippen molar-refractivity contribution >= 4 is 17.7 Å². The summed E-state index contributed by atoms with van der Waals surface area (Å²) in [5.41, 5.74) is 1.71. The first-order chi connectivity index (χ1) is 11.8. The van der Waals surface area contributed by atoms with Crippen LogP contribution in [0.2, 0.25) is 0 Å². The van der Waals surface area contributed by atoms with Gasteiger partial charge in [-0.25, -0.2) is 4.39 Å². The first kappa shape index (κ1) is 15.9. The van der Waals surface area contributed by atoms with Crippen molar-refractivity contribution in [3.05, 3.63) is 71.0 Å². The first-order valence-electron chi connectivity index (χ1n) is 8.49. The molecule has 0 aromatic heterocycles. The Morgan fingerprint density at radius 1 is 1.12 bits per heavy atom. The van der Waals surface area contributed by atoms with E-state index in [9.17, 15) is 4.79 Å². The molecule has 1 amide bonds. The van der Waals surface area contributed by atoms with Crippen LogP contribution in [0.15, 0.2) is 54.4 Å². The van der Waals surface area contributed by atoms with Gasteiger partial charge in [-0.3, -0.25) is 4.79 Å². The van der Waals surface area contributed by atoms with Gasteiger partial charge >= 0.3 is 0 Å². The van der Waals surface area contributed by atoms with E-state index in [1.54, 1.807) is 0 Å². The van der Waals surface area contributed by atoms with Crippen molar-refractivity contribution < 1.29 is 9.18 Å². The van der Waals surface area contributed by atoms with E-state index < -0.39 is 11.1 Å². The third kappa shape index (κ3) is 2.20. The van der Waals surface area contributed by atoms with Crippen molar-refractivity contribution in [3.63, 3.8) is 0 Å². The molecule has 2 aromatic rings. The van der Waals surface area contributed by atoms with Crippen LogP contribution in [0, 0.1) is 12.3 Å². The maximum absolute atomic E-state index is 15.5. The summed E-state index contributed by atoms with van der Waals surface area (Å²) in [7, 11) is 0. The van der Waals surface area contributed by atoms with Gasteiger partial charge < -0.3 is 10.2 Å². The normalized spacial score (nSPS) is 24.1. The molecule has 4 rings (SSSR count). The lowest BCUT2D eigenvalue weighted by Crippen LogP contribution is -2.69. The van der Waals surface area contributed by atoms with E-state index in [2.05, 4.69) is 11.4 Å².